The molecule has 2 nitrogen and oxygen atoms in total. The number of hydrogen-bond donors (Lipinski definition) is 1. The highest BCUT2D eigenvalue weighted by Crippen LogP contribution is 2.16. The molecule has 88 valence electrons. The molecule has 3 heteroatoms. The van der Waals surface area contributed by atoms with Gasteiger partial charge in [-0.1, -0.05) is 34.1 Å². The second kappa shape index (κ2) is 6.38. The number of hydrogen-bond acceptors (Lipinski definition) is 2. The van der Waals surface area contributed by atoms with Gasteiger partial charge < -0.3 is 10.1 Å². The topological polar surface area (TPSA) is 21.3 Å². The summed E-state index contributed by atoms with van der Waals surface area (Å²) in [7, 11) is 0. The third-order valence-corrected chi connectivity index (χ3v) is 3.72. The van der Waals surface area contributed by atoms with Gasteiger partial charge in [0.1, 0.15) is 0 Å². The lowest BCUT2D eigenvalue weighted by atomic mass is 10.1. The summed E-state index contributed by atoms with van der Waals surface area (Å²) in [6.07, 6.45) is 3.50. The van der Waals surface area contributed by atoms with E-state index in [0.717, 1.165) is 26.2 Å². The normalized spacial score (nSPS) is 20.9. The third kappa shape index (κ3) is 3.58. The van der Waals surface area contributed by atoms with E-state index in [0.29, 0.717) is 6.04 Å². The maximum Gasteiger partial charge on any atom is 0.0619 e. The smallest absolute Gasteiger partial charge is 0.0619 e. The molecule has 1 aliphatic rings. The summed E-state index contributed by atoms with van der Waals surface area (Å²) in [5.74, 6) is 0. The van der Waals surface area contributed by atoms with Crippen molar-refractivity contribution >= 4 is 15.9 Å². The fraction of sp³-hybridized carbons (Fsp3) is 0.538. The molecule has 1 aliphatic heterocycles. The van der Waals surface area contributed by atoms with Crippen molar-refractivity contribution in [2.75, 3.05) is 19.8 Å². The molecule has 1 fully saturated rings. The molecule has 1 atom stereocenters. The SMILES string of the molecule is Brc1ccccc1CCNC1CCCOC1. The highest BCUT2D eigenvalue weighted by molar-refractivity contribution is 9.10. The first kappa shape index (κ1) is 12.1. The number of rotatable bonds is 4. The van der Waals surface area contributed by atoms with E-state index < -0.39 is 0 Å². The van der Waals surface area contributed by atoms with E-state index in [9.17, 15) is 0 Å². The summed E-state index contributed by atoms with van der Waals surface area (Å²) in [6, 6.07) is 8.96. The van der Waals surface area contributed by atoms with E-state index in [-0.39, 0.29) is 0 Å². The zero-order chi connectivity index (χ0) is 11.2. The molecule has 0 aromatic heterocycles. The molecular formula is C13H18BrNO. The zero-order valence-corrected chi connectivity index (χ0v) is 11.0. The van der Waals surface area contributed by atoms with Crippen LogP contribution in [0.4, 0.5) is 0 Å². The first-order valence-electron chi connectivity index (χ1n) is 5.91. The molecule has 1 saturated heterocycles. The standard InChI is InChI=1S/C13H18BrNO/c14-13-6-2-1-4-11(13)7-8-15-12-5-3-9-16-10-12/h1-2,4,6,12,15H,3,5,7-10H2. The Morgan fingerprint density at radius 2 is 2.25 bits per heavy atom. The number of halogens is 1. The van der Waals surface area contributed by atoms with E-state index >= 15 is 0 Å². The van der Waals surface area contributed by atoms with Gasteiger partial charge in [0.2, 0.25) is 0 Å². The van der Waals surface area contributed by atoms with Gasteiger partial charge in [-0.3, -0.25) is 0 Å². The van der Waals surface area contributed by atoms with Crippen LogP contribution in [0, 0.1) is 0 Å². The number of benzene rings is 1. The van der Waals surface area contributed by atoms with Gasteiger partial charge in [0.05, 0.1) is 6.61 Å². The fourth-order valence-corrected chi connectivity index (χ4v) is 2.50. The van der Waals surface area contributed by atoms with Crippen LogP contribution in [-0.4, -0.2) is 25.8 Å². The fourth-order valence-electron chi connectivity index (χ4n) is 2.01. The summed E-state index contributed by atoms with van der Waals surface area (Å²) in [6.45, 7) is 2.83. The van der Waals surface area contributed by atoms with Crippen molar-refractivity contribution in [3.05, 3.63) is 34.3 Å². The average Bonchev–Trinajstić information content (AvgIpc) is 2.33. The van der Waals surface area contributed by atoms with Crippen molar-refractivity contribution in [2.45, 2.75) is 25.3 Å². The minimum absolute atomic E-state index is 0.552. The van der Waals surface area contributed by atoms with Crippen LogP contribution in [0.1, 0.15) is 18.4 Å². The summed E-state index contributed by atoms with van der Waals surface area (Å²) in [5, 5.41) is 3.55. The van der Waals surface area contributed by atoms with Gasteiger partial charge in [-0.05, 0) is 37.4 Å². The Morgan fingerprint density at radius 3 is 3.00 bits per heavy atom. The molecule has 1 unspecified atom stereocenters. The van der Waals surface area contributed by atoms with Gasteiger partial charge in [-0.2, -0.15) is 0 Å². The summed E-state index contributed by atoms with van der Waals surface area (Å²) in [4.78, 5) is 0. The molecule has 0 spiro atoms. The highest BCUT2D eigenvalue weighted by atomic mass is 79.9. The Bertz CT molecular complexity index is 323. The Kier molecular flexibility index (Phi) is 4.82. The quantitative estimate of drug-likeness (QED) is 0.918. The Hall–Kier alpha value is -0.380. The predicted molar refractivity (Wildman–Crippen MR) is 69.7 cm³/mol. The van der Waals surface area contributed by atoms with E-state index in [1.807, 2.05) is 0 Å². The third-order valence-electron chi connectivity index (χ3n) is 2.95. The largest absolute Gasteiger partial charge is 0.380 e. The van der Waals surface area contributed by atoms with E-state index in [1.165, 1.54) is 22.9 Å². The van der Waals surface area contributed by atoms with Crippen LogP contribution >= 0.6 is 15.9 Å². The van der Waals surface area contributed by atoms with Gasteiger partial charge in [0, 0.05) is 17.1 Å². The minimum Gasteiger partial charge on any atom is -0.380 e. The van der Waals surface area contributed by atoms with Crippen molar-refractivity contribution in [3.63, 3.8) is 0 Å². The summed E-state index contributed by atoms with van der Waals surface area (Å²) >= 11 is 3.57. The molecule has 0 saturated carbocycles. The lowest BCUT2D eigenvalue weighted by molar-refractivity contribution is 0.0707. The van der Waals surface area contributed by atoms with Gasteiger partial charge in [-0.25, -0.2) is 0 Å². The van der Waals surface area contributed by atoms with Crippen LogP contribution in [0.5, 0.6) is 0 Å². The Balaban J connectivity index is 1.73. The van der Waals surface area contributed by atoms with Crippen molar-refractivity contribution in [2.24, 2.45) is 0 Å². The van der Waals surface area contributed by atoms with Gasteiger partial charge in [0.15, 0.2) is 0 Å². The molecule has 1 aromatic rings. The molecule has 0 bridgehead atoms. The van der Waals surface area contributed by atoms with E-state index in [4.69, 9.17) is 4.74 Å². The molecule has 1 N–H and O–H groups in total. The second-order valence-electron chi connectivity index (χ2n) is 4.21. The molecule has 0 radical (unpaired) electrons. The van der Waals surface area contributed by atoms with E-state index in [1.54, 1.807) is 0 Å². The Morgan fingerprint density at radius 1 is 1.38 bits per heavy atom. The van der Waals surface area contributed by atoms with Crippen LogP contribution < -0.4 is 5.32 Å². The first-order chi connectivity index (χ1) is 7.86. The Labute approximate surface area is 106 Å². The highest BCUT2D eigenvalue weighted by Gasteiger charge is 2.12. The maximum atomic E-state index is 5.44. The molecule has 1 aromatic carbocycles. The van der Waals surface area contributed by atoms with Gasteiger partial charge in [-0.15, -0.1) is 0 Å². The predicted octanol–water partition coefficient (Wildman–Crippen LogP) is 2.76. The number of ether oxygens (including phenoxy) is 1. The summed E-state index contributed by atoms with van der Waals surface area (Å²) < 4.78 is 6.64. The molecule has 16 heavy (non-hydrogen) atoms. The number of nitrogens with one attached hydrogen (secondary N) is 1. The van der Waals surface area contributed by atoms with Gasteiger partial charge in [0.25, 0.3) is 0 Å². The lowest BCUT2D eigenvalue weighted by Gasteiger charge is -2.23. The molecule has 1 heterocycles. The maximum absolute atomic E-state index is 5.44. The minimum atomic E-state index is 0.552. The zero-order valence-electron chi connectivity index (χ0n) is 9.42. The first-order valence-corrected chi connectivity index (χ1v) is 6.70. The van der Waals surface area contributed by atoms with E-state index in [2.05, 4.69) is 45.5 Å². The molecule has 0 aliphatic carbocycles. The van der Waals surface area contributed by atoms with Crippen molar-refractivity contribution in [1.82, 2.24) is 5.32 Å². The second-order valence-corrected chi connectivity index (χ2v) is 5.06. The van der Waals surface area contributed by atoms with Crippen LogP contribution in [0.3, 0.4) is 0 Å². The van der Waals surface area contributed by atoms with Crippen LogP contribution in [0.2, 0.25) is 0 Å². The lowest BCUT2D eigenvalue weighted by Crippen LogP contribution is -2.37. The van der Waals surface area contributed by atoms with Crippen LogP contribution in [-0.2, 0) is 11.2 Å². The average molecular weight is 284 g/mol. The molecule has 0 amide bonds. The summed E-state index contributed by atoms with van der Waals surface area (Å²) in [5.41, 5.74) is 1.37. The van der Waals surface area contributed by atoms with Crippen molar-refractivity contribution in [1.29, 1.82) is 0 Å². The van der Waals surface area contributed by atoms with Gasteiger partial charge >= 0.3 is 0 Å². The van der Waals surface area contributed by atoms with Crippen LogP contribution in [0.15, 0.2) is 28.7 Å². The molecular weight excluding hydrogens is 266 g/mol. The molecule has 2 rings (SSSR count). The van der Waals surface area contributed by atoms with Crippen LogP contribution in [0.25, 0.3) is 0 Å². The monoisotopic (exact) mass is 283 g/mol. The van der Waals surface area contributed by atoms with Crippen molar-refractivity contribution in [3.8, 4) is 0 Å². The van der Waals surface area contributed by atoms with Crippen molar-refractivity contribution < 1.29 is 4.74 Å².